The van der Waals surface area contributed by atoms with Gasteiger partial charge in [0.15, 0.2) is 12.3 Å². The second-order valence-corrected chi connectivity index (χ2v) is 10.5. The highest BCUT2D eigenvalue weighted by Crippen LogP contribution is 2.41. The van der Waals surface area contributed by atoms with Gasteiger partial charge in [0.1, 0.15) is 5.75 Å². The van der Waals surface area contributed by atoms with E-state index in [-0.39, 0.29) is 23.9 Å². The van der Waals surface area contributed by atoms with Crippen LogP contribution < -0.4 is 25.2 Å². The Morgan fingerprint density at radius 2 is 1.77 bits per heavy atom. The minimum atomic E-state index is -0.877. The molecule has 2 fully saturated rings. The van der Waals surface area contributed by atoms with E-state index in [2.05, 4.69) is 22.6 Å². The van der Waals surface area contributed by atoms with Crippen LogP contribution in [-0.4, -0.2) is 88.6 Å². The molecular formula is C29H37N5O5. The molecule has 5 rings (SSSR count). The van der Waals surface area contributed by atoms with Crippen LogP contribution in [0.3, 0.4) is 0 Å². The molecule has 0 radical (unpaired) electrons. The summed E-state index contributed by atoms with van der Waals surface area (Å²) in [7, 11) is 5.37. The number of carbonyl (C=O) groups excluding carboxylic acids is 3. The molecular weight excluding hydrogens is 498 g/mol. The van der Waals surface area contributed by atoms with Crippen LogP contribution in [0, 0.1) is 0 Å². The number of anilines is 4. The summed E-state index contributed by atoms with van der Waals surface area (Å²) in [4.78, 5) is 43.8. The Labute approximate surface area is 229 Å². The molecule has 3 heterocycles. The lowest BCUT2D eigenvalue weighted by atomic mass is 9.99. The normalized spacial score (nSPS) is 20.9. The van der Waals surface area contributed by atoms with Crippen molar-refractivity contribution in [3.63, 3.8) is 0 Å². The first-order valence-electron chi connectivity index (χ1n) is 13.6. The number of rotatable bonds is 7. The molecule has 3 aliphatic heterocycles. The van der Waals surface area contributed by atoms with Gasteiger partial charge in [0.25, 0.3) is 11.8 Å². The van der Waals surface area contributed by atoms with Gasteiger partial charge >= 0.3 is 0 Å². The number of carbonyl (C=O) groups is 3. The van der Waals surface area contributed by atoms with Crippen molar-refractivity contribution in [3.8, 4) is 5.75 Å². The van der Waals surface area contributed by atoms with Crippen molar-refractivity contribution in [2.75, 3.05) is 62.6 Å². The van der Waals surface area contributed by atoms with Gasteiger partial charge in [-0.15, -0.1) is 0 Å². The topological polar surface area (TPSA) is 103 Å². The summed E-state index contributed by atoms with van der Waals surface area (Å²) in [5, 5.41) is 6.55. The lowest BCUT2D eigenvalue weighted by Crippen LogP contribution is -2.57. The average Bonchev–Trinajstić information content (AvgIpc) is 2.96. The maximum Gasteiger partial charge on any atom is 0.256 e. The quantitative estimate of drug-likeness (QED) is 0.412. The van der Waals surface area contributed by atoms with Gasteiger partial charge in [-0.1, -0.05) is 0 Å². The summed E-state index contributed by atoms with van der Waals surface area (Å²) in [5.74, 6) is 0.200. The third-order valence-electron chi connectivity index (χ3n) is 8.01. The number of benzene rings is 2. The van der Waals surface area contributed by atoms with Crippen LogP contribution in [0.25, 0.3) is 0 Å². The van der Waals surface area contributed by atoms with E-state index in [0.29, 0.717) is 30.2 Å². The Bertz CT molecular complexity index is 1220. The second kappa shape index (κ2) is 11.6. The standard InChI is InChI=1S/C29H37N5O5/c1-32-12-8-20(9-13-32)31-28(36)19-4-6-23(27(16-19)38-3)30-21-5-7-24-25(17-21)34(22-10-14-39-15-11-22)26(18-35)29(37)33(24)2/h4-7,16-18,20,22,26,30H,8-15H2,1-3H3,(H,31,36). The van der Waals surface area contributed by atoms with E-state index in [1.165, 1.54) is 0 Å². The summed E-state index contributed by atoms with van der Waals surface area (Å²) in [6, 6.07) is 10.4. The van der Waals surface area contributed by atoms with E-state index < -0.39 is 6.04 Å². The number of hydrogen-bond acceptors (Lipinski definition) is 8. The molecule has 0 aliphatic carbocycles. The predicted octanol–water partition coefficient (Wildman–Crippen LogP) is 2.79. The SMILES string of the molecule is COc1cc(C(=O)NC2CCN(C)CC2)ccc1Nc1ccc2c(c1)N(C1CCOCC1)C(C=O)C(=O)N2C. The molecule has 10 nitrogen and oxygen atoms in total. The number of aldehydes is 1. The maximum absolute atomic E-state index is 13.0. The molecule has 208 valence electrons. The van der Waals surface area contributed by atoms with Gasteiger partial charge in [-0.05, 0) is 82.2 Å². The highest BCUT2D eigenvalue weighted by molar-refractivity contribution is 6.13. The predicted molar refractivity (Wildman–Crippen MR) is 150 cm³/mol. The number of piperidine rings is 1. The van der Waals surface area contributed by atoms with Crippen molar-refractivity contribution in [2.45, 2.75) is 43.8 Å². The Morgan fingerprint density at radius 1 is 1.03 bits per heavy atom. The Morgan fingerprint density at radius 3 is 2.46 bits per heavy atom. The summed E-state index contributed by atoms with van der Waals surface area (Å²) in [6.45, 7) is 3.14. The van der Waals surface area contributed by atoms with E-state index >= 15 is 0 Å². The fourth-order valence-electron chi connectivity index (χ4n) is 5.70. The largest absolute Gasteiger partial charge is 0.495 e. The van der Waals surface area contributed by atoms with Gasteiger partial charge in [-0.25, -0.2) is 0 Å². The number of nitrogens with one attached hydrogen (secondary N) is 2. The summed E-state index contributed by atoms with van der Waals surface area (Å²) < 4.78 is 11.2. The first kappa shape index (κ1) is 27.0. The zero-order chi connectivity index (χ0) is 27.5. The van der Waals surface area contributed by atoms with Crippen LogP contribution in [-0.2, 0) is 14.3 Å². The van der Waals surface area contributed by atoms with E-state index in [9.17, 15) is 14.4 Å². The molecule has 0 aromatic heterocycles. The number of fused-ring (bicyclic) bond motifs is 1. The first-order valence-corrected chi connectivity index (χ1v) is 13.6. The lowest BCUT2D eigenvalue weighted by molar-refractivity contribution is -0.124. The van der Waals surface area contributed by atoms with Crippen molar-refractivity contribution in [1.82, 2.24) is 10.2 Å². The molecule has 0 saturated carbocycles. The molecule has 3 aliphatic rings. The third-order valence-corrected chi connectivity index (χ3v) is 8.01. The molecule has 1 unspecified atom stereocenters. The molecule has 1 atom stereocenters. The Balaban J connectivity index is 1.38. The average molecular weight is 536 g/mol. The molecule has 2 saturated heterocycles. The van der Waals surface area contributed by atoms with Crippen molar-refractivity contribution in [2.24, 2.45) is 0 Å². The van der Waals surface area contributed by atoms with Crippen LogP contribution in [0.1, 0.15) is 36.0 Å². The van der Waals surface area contributed by atoms with Crippen LogP contribution in [0.2, 0.25) is 0 Å². The molecule has 0 spiro atoms. The lowest BCUT2D eigenvalue weighted by Gasteiger charge is -2.45. The molecule has 2 N–H and O–H groups in total. The van der Waals surface area contributed by atoms with Crippen LogP contribution in [0.15, 0.2) is 36.4 Å². The van der Waals surface area contributed by atoms with E-state index in [1.54, 1.807) is 31.2 Å². The van der Waals surface area contributed by atoms with Gasteiger partial charge in [-0.2, -0.15) is 0 Å². The highest BCUT2D eigenvalue weighted by atomic mass is 16.5. The first-order chi connectivity index (χ1) is 18.9. The van der Waals surface area contributed by atoms with Crippen molar-refractivity contribution >= 4 is 40.9 Å². The Hall–Kier alpha value is -3.63. The van der Waals surface area contributed by atoms with Gasteiger partial charge < -0.3 is 39.6 Å². The smallest absolute Gasteiger partial charge is 0.256 e. The number of hydrogen-bond donors (Lipinski definition) is 2. The van der Waals surface area contributed by atoms with Crippen LogP contribution in [0.5, 0.6) is 5.75 Å². The van der Waals surface area contributed by atoms with E-state index in [1.807, 2.05) is 29.2 Å². The molecule has 2 aromatic rings. The third kappa shape index (κ3) is 5.58. The van der Waals surface area contributed by atoms with Gasteiger partial charge in [-0.3, -0.25) is 9.59 Å². The zero-order valence-corrected chi connectivity index (χ0v) is 22.8. The number of nitrogens with zero attached hydrogens (tertiary/aromatic N) is 3. The number of likely N-dealkylation sites (N-methyl/N-ethyl adjacent to an activating group) is 1. The summed E-state index contributed by atoms with van der Waals surface area (Å²) in [5.41, 5.74) is 3.60. The van der Waals surface area contributed by atoms with E-state index in [4.69, 9.17) is 9.47 Å². The van der Waals surface area contributed by atoms with Gasteiger partial charge in [0.05, 0.1) is 24.2 Å². The second-order valence-electron chi connectivity index (χ2n) is 10.5. The summed E-state index contributed by atoms with van der Waals surface area (Å²) >= 11 is 0. The Kier molecular flexibility index (Phi) is 8.04. The summed E-state index contributed by atoms with van der Waals surface area (Å²) in [6.07, 6.45) is 4.10. The van der Waals surface area contributed by atoms with E-state index in [0.717, 1.165) is 62.1 Å². The van der Waals surface area contributed by atoms with Crippen molar-refractivity contribution in [3.05, 3.63) is 42.0 Å². The molecule has 2 amide bonds. The highest BCUT2D eigenvalue weighted by Gasteiger charge is 2.40. The fourth-order valence-corrected chi connectivity index (χ4v) is 5.70. The van der Waals surface area contributed by atoms with Crippen molar-refractivity contribution < 1.29 is 23.9 Å². The monoisotopic (exact) mass is 535 g/mol. The molecule has 39 heavy (non-hydrogen) atoms. The van der Waals surface area contributed by atoms with Gasteiger partial charge in [0.2, 0.25) is 0 Å². The number of likely N-dealkylation sites (tertiary alicyclic amines) is 1. The number of amides is 2. The zero-order valence-electron chi connectivity index (χ0n) is 22.8. The van der Waals surface area contributed by atoms with Gasteiger partial charge in [0, 0.05) is 43.6 Å². The minimum absolute atomic E-state index is 0.0255. The fraction of sp³-hybridized carbons (Fsp3) is 0.483. The molecule has 10 heteroatoms. The van der Waals surface area contributed by atoms with Crippen LogP contribution >= 0.6 is 0 Å². The minimum Gasteiger partial charge on any atom is -0.495 e. The van der Waals surface area contributed by atoms with Crippen LogP contribution in [0.4, 0.5) is 22.7 Å². The molecule has 0 bridgehead atoms. The van der Waals surface area contributed by atoms with Crippen molar-refractivity contribution in [1.29, 1.82) is 0 Å². The molecule has 2 aromatic carbocycles. The number of ether oxygens (including phenoxy) is 2. The maximum atomic E-state index is 13.0. The number of methoxy groups -OCH3 is 1.